The van der Waals surface area contributed by atoms with E-state index in [1.807, 2.05) is 0 Å². The number of aromatic nitrogens is 4. The van der Waals surface area contributed by atoms with Crippen LogP contribution in [0.15, 0.2) is 36.4 Å². The summed E-state index contributed by atoms with van der Waals surface area (Å²) >= 11 is 6.11. The van der Waals surface area contributed by atoms with Crippen LogP contribution in [0.5, 0.6) is 5.75 Å². The molecule has 7 nitrogen and oxygen atoms in total. The van der Waals surface area contributed by atoms with Crippen LogP contribution in [0.2, 0.25) is 5.02 Å². The number of benzene rings is 2. The first-order valence-corrected chi connectivity index (χ1v) is 9.05. The molecule has 1 fully saturated rings. The Balaban J connectivity index is 1.54. The molecule has 28 heavy (non-hydrogen) atoms. The Labute approximate surface area is 165 Å². The van der Waals surface area contributed by atoms with E-state index in [2.05, 4.69) is 20.8 Å². The number of methoxy groups -OCH3 is 1. The number of hydrogen-bond acceptors (Lipinski definition) is 5. The highest BCUT2D eigenvalue weighted by atomic mass is 35.5. The largest absolute Gasteiger partial charge is 0.494 e. The minimum Gasteiger partial charge on any atom is -0.494 e. The molecular weight excluding hydrogens is 385 g/mol. The van der Waals surface area contributed by atoms with Crippen LogP contribution in [-0.4, -0.2) is 33.2 Å². The van der Waals surface area contributed by atoms with Crippen LogP contribution in [0.3, 0.4) is 0 Å². The van der Waals surface area contributed by atoms with Gasteiger partial charge in [-0.15, -0.1) is 5.10 Å². The summed E-state index contributed by atoms with van der Waals surface area (Å²) in [5, 5.41) is 14.7. The van der Waals surface area contributed by atoms with E-state index in [1.165, 1.54) is 10.7 Å². The van der Waals surface area contributed by atoms with Gasteiger partial charge in [-0.25, -0.2) is 4.39 Å². The van der Waals surface area contributed by atoms with Crippen LogP contribution in [-0.2, 0) is 4.79 Å². The highest BCUT2D eigenvalue weighted by Crippen LogP contribution is 2.51. The molecule has 1 saturated carbocycles. The topological polar surface area (TPSA) is 81.9 Å². The zero-order valence-corrected chi connectivity index (χ0v) is 15.9. The van der Waals surface area contributed by atoms with E-state index >= 15 is 0 Å². The van der Waals surface area contributed by atoms with E-state index in [4.69, 9.17) is 16.3 Å². The number of nitrogens with zero attached hydrogens (tertiary/aromatic N) is 4. The second-order valence-electron chi connectivity index (χ2n) is 6.60. The summed E-state index contributed by atoms with van der Waals surface area (Å²) in [6.45, 7) is 1.76. The summed E-state index contributed by atoms with van der Waals surface area (Å²) in [4.78, 5) is 12.6. The Bertz CT molecular complexity index is 1030. The van der Waals surface area contributed by atoms with Crippen molar-refractivity contribution in [1.82, 2.24) is 20.2 Å². The molecule has 2 aromatic carbocycles. The molecular formula is C19H17ClFN5O2. The molecule has 1 heterocycles. The van der Waals surface area contributed by atoms with E-state index < -0.39 is 0 Å². The Morgan fingerprint density at radius 1 is 1.36 bits per heavy atom. The molecule has 1 aliphatic rings. The van der Waals surface area contributed by atoms with Gasteiger partial charge in [-0.2, -0.15) is 4.68 Å². The second kappa shape index (κ2) is 7.20. The summed E-state index contributed by atoms with van der Waals surface area (Å²) in [5.74, 6) is 0.0412. The van der Waals surface area contributed by atoms with Gasteiger partial charge in [0.1, 0.15) is 17.3 Å². The number of tetrazole rings is 1. The average Bonchev–Trinajstić information content (AvgIpc) is 3.34. The van der Waals surface area contributed by atoms with Crippen molar-refractivity contribution in [2.75, 3.05) is 12.4 Å². The normalized spacial score (nSPS) is 18.0. The molecule has 1 amide bonds. The molecule has 144 valence electrons. The number of halogens is 2. The molecule has 0 aliphatic heterocycles. The number of aryl methyl sites for hydroxylation is 1. The number of carbonyl (C=O) groups excluding carboxylic acids is 1. The number of rotatable bonds is 5. The lowest BCUT2D eigenvalue weighted by Gasteiger charge is -2.12. The van der Waals surface area contributed by atoms with Crippen LogP contribution < -0.4 is 10.1 Å². The predicted octanol–water partition coefficient (Wildman–Crippen LogP) is 3.51. The van der Waals surface area contributed by atoms with E-state index in [0.717, 1.165) is 0 Å². The molecule has 0 bridgehead atoms. The zero-order chi connectivity index (χ0) is 19.8. The molecule has 9 heteroatoms. The molecule has 4 rings (SSSR count). The molecule has 1 N–H and O–H groups in total. The van der Waals surface area contributed by atoms with Crippen LogP contribution in [0.1, 0.15) is 23.7 Å². The highest BCUT2D eigenvalue weighted by Gasteiger charge is 2.46. The van der Waals surface area contributed by atoms with E-state index in [0.29, 0.717) is 40.0 Å². The third-order valence-corrected chi connectivity index (χ3v) is 5.13. The summed E-state index contributed by atoms with van der Waals surface area (Å²) in [7, 11) is 1.55. The molecule has 0 radical (unpaired) electrons. The predicted molar refractivity (Wildman–Crippen MR) is 101 cm³/mol. The van der Waals surface area contributed by atoms with Crippen molar-refractivity contribution < 1.29 is 13.9 Å². The summed E-state index contributed by atoms with van der Waals surface area (Å²) in [6.07, 6.45) is 0.557. The molecule has 0 spiro atoms. The minimum absolute atomic E-state index is 0.186. The van der Waals surface area contributed by atoms with E-state index in [1.54, 1.807) is 44.4 Å². The summed E-state index contributed by atoms with van der Waals surface area (Å²) in [6, 6.07) is 9.74. The number of ether oxygens (including phenoxy) is 1. The Hall–Kier alpha value is -3.00. The zero-order valence-electron chi connectivity index (χ0n) is 15.2. The van der Waals surface area contributed by atoms with Crippen molar-refractivity contribution >= 4 is 23.2 Å². The Kier molecular flexibility index (Phi) is 4.72. The van der Waals surface area contributed by atoms with Gasteiger partial charge >= 0.3 is 0 Å². The van der Waals surface area contributed by atoms with Gasteiger partial charge in [0.2, 0.25) is 5.91 Å². The highest BCUT2D eigenvalue weighted by molar-refractivity contribution is 6.31. The number of carbonyl (C=O) groups is 1. The number of hydrogen-bond donors (Lipinski definition) is 1. The molecule has 3 aromatic rings. The Morgan fingerprint density at radius 2 is 2.18 bits per heavy atom. The van der Waals surface area contributed by atoms with Gasteiger partial charge < -0.3 is 10.1 Å². The van der Waals surface area contributed by atoms with Gasteiger partial charge in [0.25, 0.3) is 0 Å². The van der Waals surface area contributed by atoms with E-state index in [-0.39, 0.29) is 23.6 Å². The molecule has 1 aromatic heterocycles. The van der Waals surface area contributed by atoms with Gasteiger partial charge in [-0.3, -0.25) is 4.79 Å². The third-order valence-electron chi connectivity index (χ3n) is 4.80. The lowest BCUT2D eigenvalue weighted by molar-refractivity contribution is -0.117. The van der Waals surface area contributed by atoms with E-state index in [9.17, 15) is 9.18 Å². The Morgan fingerprint density at radius 3 is 2.86 bits per heavy atom. The van der Waals surface area contributed by atoms with Crippen molar-refractivity contribution in [3.8, 4) is 11.4 Å². The minimum atomic E-state index is -0.381. The first-order chi connectivity index (χ1) is 13.5. The van der Waals surface area contributed by atoms with Gasteiger partial charge in [0, 0.05) is 28.1 Å². The van der Waals surface area contributed by atoms with Crippen LogP contribution in [0.25, 0.3) is 5.69 Å². The van der Waals surface area contributed by atoms with Crippen molar-refractivity contribution in [1.29, 1.82) is 0 Å². The SMILES string of the molecule is COc1ccc(NC(=O)[C@@H]2C[C@H]2c2c(F)cccc2Cl)cc1-n1nnnc1C. The number of nitrogens with one attached hydrogen (secondary N) is 1. The van der Waals surface area contributed by atoms with Crippen LogP contribution in [0.4, 0.5) is 10.1 Å². The molecule has 1 aliphatic carbocycles. The lowest BCUT2D eigenvalue weighted by atomic mass is 10.1. The maximum Gasteiger partial charge on any atom is 0.228 e. The van der Waals surface area contributed by atoms with Gasteiger partial charge in [-0.1, -0.05) is 17.7 Å². The molecule has 0 unspecified atom stereocenters. The maximum absolute atomic E-state index is 14.1. The maximum atomic E-state index is 14.1. The number of anilines is 1. The van der Waals surface area contributed by atoms with Gasteiger partial charge in [0.15, 0.2) is 5.82 Å². The third kappa shape index (κ3) is 3.31. The van der Waals surface area contributed by atoms with Crippen molar-refractivity contribution in [3.63, 3.8) is 0 Å². The standard InChI is InChI=1S/C19H17ClFN5O2/c1-10-23-24-25-26(10)16-8-11(6-7-17(16)28-2)22-19(27)13-9-12(13)18-14(20)4-3-5-15(18)21/h3-8,12-13H,9H2,1-2H3,(H,22,27)/t12-,13-/m1/s1. The first-order valence-electron chi connectivity index (χ1n) is 8.67. The fourth-order valence-electron chi connectivity index (χ4n) is 3.29. The monoisotopic (exact) mass is 401 g/mol. The van der Waals surface area contributed by atoms with Crippen molar-refractivity contribution in [2.24, 2.45) is 5.92 Å². The van der Waals surface area contributed by atoms with Gasteiger partial charge in [-0.05, 0) is 54.1 Å². The smallest absolute Gasteiger partial charge is 0.228 e. The van der Waals surface area contributed by atoms with Crippen LogP contribution >= 0.6 is 11.6 Å². The van der Waals surface area contributed by atoms with Crippen molar-refractivity contribution in [3.05, 3.63) is 58.6 Å². The molecule has 2 atom stereocenters. The first kappa shape index (κ1) is 18.4. The summed E-state index contributed by atoms with van der Waals surface area (Å²) in [5.41, 5.74) is 1.58. The van der Waals surface area contributed by atoms with Gasteiger partial charge in [0.05, 0.1) is 7.11 Å². The number of amides is 1. The average molecular weight is 402 g/mol. The fraction of sp³-hybridized carbons (Fsp3) is 0.263. The van der Waals surface area contributed by atoms with Crippen LogP contribution in [0, 0.1) is 18.7 Å². The second-order valence-corrected chi connectivity index (χ2v) is 7.01. The fourth-order valence-corrected chi connectivity index (χ4v) is 3.59. The van der Waals surface area contributed by atoms with Crippen molar-refractivity contribution in [2.45, 2.75) is 19.3 Å². The summed E-state index contributed by atoms with van der Waals surface area (Å²) < 4.78 is 21.0. The quantitative estimate of drug-likeness (QED) is 0.707. The molecule has 0 saturated heterocycles. The lowest BCUT2D eigenvalue weighted by Crippen LogP contribution is -2.15.